The molecule has 0 spiro atoms. The Morgan fingerprint density at radius 2 is 2.12 bits per heavy atom. The van der Waals surface area contributed by atoms with Gasteiger partial charge in [0.05, 0.1) is 11.9 Å². The summed E-state index contributed by atoms with van der Waals surface area (Å²) in [5.74, 6) is -0.188. The van der Waals surface area contributed by atoms with Gasteiger partial charge in [-0.1, -0.05) is 6.07 Å². The monoisotopic (exact) mass is 325 g/mol. The summed E-state index contributed by atoms with van der Waals surface area (Å²) in [6, 6.07) is 6.91. The van der Waals surface area contributed by atoms with E-state index in [2.05, 4.69) is 15.3 Å². The smallest absolute Gasteiger partial charge is 0.252 e. The number of nitrogens with zero attached hydrogens (tertiary/aromatic N) is 4. The van der Waals surface area contributed by atoms with Crippen LogP contribution >= 0.6 is 0 Å². The average molecular weight is 325 g/mol. The maximum atomic E-state index is 12.2. The zero-order valence-electron chi connectivity index (χ0n) is 13.7. The zero-order chi connectivity index (χ0) is 17.1. The van der Waals surface area contributed by atoms with Gasteiger partial charge in [-0.25, -0.2) is 9.97 Å². The first-order valence-electron chi connectivity index (χ1n) is 7.78. The molecule has 0 aliphatic carbocycles. The van der Waals surface area contributed by atoms with Gasteiger partial charge in [0.1, 0.15) is 5.52 Å². The lowest BCUT2D eigenvalue weighted by Crippen LogP contribution is -2.27. The minimum absolute atomic E-state index is 0.0221. The number of fused-ring (bicyclic) bond motifs is 1. The van der Waals surface area contributed by atoms with E-state index in [0.717, 1.165) is 11.3 Å². The number of nitrogens with one attached hydrogen (secondary N) is 1. The number of amides is 1. The molecule has 0 saturated carbocycles. The first-order chi connectivity index (χ1) is 11.6. The lowest BCUT2D eigenvalue weighted by Gasteiger charge is -2.10. The van der Waals surface area contributed by atoms with Crippen LogP contribution in [0.4, 0.5) is 0 Å². The van der Waals surface area contributed by atoms with Crippen LogP contribution in [0, 0.1) is 6.92 Å². The van der Waals surface area contributed by atoms with Crippen molar-refractivity contribution < 1.29 is 4.79 Å². The van der Waals surface area contributed by atoms with Crippen LogP contribution in [0.3, 0.4) is 0 Å². The van der Waals surface area contributed by atoms with E-state index in [1.807, 2.05) is 20.0 Å². The van der Waals surface area contributed by atoms with E-state index in [-0.39, 0.29) is 11.5 Å². The molecular formula is C17H19N5O2. The quantitative estimate of drug-likeness (QED) is 0.716. The van der Waals surface area contributed by atoms with Gasteiger partial charge in [0, 0.05) is 38.1 Å². The molecular weight excluding hydrogens is 306 g/mol. The Kier molecular flexibility index (Phi) is 4.41. The standard InChI is InChI=1S/C17H19N5O2/c1-12-5-3-6-15(23)22(12)8-4-7-18-17(24)13-9-14-16(19-10-13)21(2)11-20-14/h3,5-6,9-11H,4,7-8H2,1-2H3,(H,18,24). The molecule has 0 radical (unpaired) electrons. The third kappa shape index (κ3) is 3.19. The number of aryl methyl sites for hydroxylation is 2. The molecule has 1 N–H and O–H groups in total. The lowest BCUT2D eigenvalue weighted by molar-refractivity contribution is 0.0952. The highest BCUT2D eigenvalue weighted by atomic mass is 16.1. The normalized spacial score (nSPS) is 10.9. The van der Waals surface area contributed by atoms with Crippen molar-refractivity contribution in [1.82, 2.24) is 24.4 Å². The van der Waals surface area contributed by atoms with Crippen molar-refractivity contribution in [3.63, 3.8) is 0 Å². The Morgan fingerprint density at radius 1 is 1.29 bits per heavy atom. The Labute approximate surface area is 139 Å². The maximum absolute atomic E-state index is 12.2. The summed E-state index contributed by atoms with van der Waals surface area (Å²) in [6.07, 6.45) is 3.89. The van der Waals surface area contributed by atoms with Crippen LogP contribution < -0.4 is 10.9 Å². The van der Waals surface area contributed by atoms with Crippen molar-refractivity contribution in [2.24, 2.45) is 7.05 Å². The number of pyridine rings is 2. The van der Waals surface area contributed by atoms with Crippen LogP contribution in [0.15, 0.2) is 41.6 Å². The summed E-state index contributed by atoms with van der Waals surface area (Å²) in [5, 5.41) is 2.85. The van der Waals surface area contributed by atoms with Crippen molar-refractivity contribution in [3.05, 3.63) is 58.4 Å². The third-order valence-corrected chi connectivity index (χ3v) is 3.93. The zero-order valence-corrected chi connectivity index (χ0v) is 13.7. The van der Waals surface area contributed by atoms with Gasteiger partial charge >= 0.3 is 0 Å². The van der Waals surface area contributed by atoms with Gasteiger partial charge in [-0.15, -0.1) is 0 Å². The molecule has 24 heavy (non-hydrogen) atoms. The van der Waals surface area contributed by atoms with Crippen molar-refractivity contribution in [3.8, 4) is 0 Å². The molecule has 0 aliphatic heterocycles. The van der Waals surface area contributed by atoms with E-state index in [4.69, 9.17) is 0 Å². The molecule has 0 aliphatic rings. The molecule has 0 aromatic carbocycles. The number of aromatic nitrogens is 4. The summed E-state index contributed by atoms with van der Waals surface area (Å²) in [4.78, 5) is 32.4. The predicted octanol–water partition coefficient (Wildman–Crippen LogP) is 1.26. The topological polar surface area (TPSA) is 81.8 Å². The second kappa shape index (κ2) is 6.66. The van der Waals surface area contributed by atoms with Crippen LogP contribution in [0.1, 0.15) is 22.5 Å². The number of carbonyl (C=O) groups excluding carboxylic acids is 1. The number of rotatable bonds is 5. The van der Waals surface area contributed by atoms with E-state index in [1.165, 1.54) is 0 Å². The fourth-order valence-corrected chi connectivity index (χ4v) is 2.59. The van der Waals surface area contributed by atoms with Crippen molar-refractivity contribution in [2.75, 3.05) is 6.54 Å². The van der Waals surface area contributed by atoms with Crippen molar-refractivity contribution in [2.45, 2.75) is 19.9 Å². The molecule has 7 nitrogen and oxygen atoms in total. The second-order valence-electron chi connectivity index (χ2n) is 5.69. The van der Waals surface area contributed by atoms with Crippen LogP contribution in [0.2, 0.25) is 0 Å². The predicted molar refractivity (Wildman–Crippen MR) is 90.9 cm³/mol. The number of carbonyl (C=O) groups is 1. The first-order valence-corrected chi connectivity index (χ1v) is 7.78. The highest BCUT2D eigenvalue weighted by Crippen LogP contribution is 2.10. The van der Waals surface area contributed by atoms with Gasteiger partial charge in [-0.2, -0.15) is 0 Å². The molecule has 3 heterocycles. The van der Waals surface area contributed by atoms with Gasteiger partial charge in [-0.05, 0) is 25.5 Å². The maximum Gasteiger partial charge on any atom is 0.252 e. The number of imidazole rings is 1. The van der Waals surface area contributed by atoms with Crippen molar-refractivity contribution >= 4 is 17.1 Å². The first kappa shape index (κ1) is 15.9. The van der Waals surface area contributed by atoms with Gasteiger partial charge in [-0.3, -0.25) is 9.59 Å². The fourth-order valence-electron chi connectivity index (χ4n) is 2.59. The van der Waals surface area contributed by atoms with Gasteiger partial charge < -0.3 is 14.5 Å². The van der Waals surface area contributed by atoms with Crippen LogP contribution in [-0.2, 0) is 13.6 Å². The Morgan fingerprint density at radius 3 is 2.92 bits per heavy atom. The molecule has 3 aromatic heterocycles. The number of hydrogen-bond donors (Lipinski definition) is 1. The molecule has 0 fully saturated rings. The van der Waals surface area contributed by atoms with E-state index in [0.29, 0.717) is 30.6 Å². The summed E-state index contributed by atoms with van der Waals surface area (Å²) >= 11 is 0. The lowest BCUT2D eigenvalue weighted by atomic mass is 10.2. The molecule has 7 heteroatoms. The van der Waals surface area contributed by atoms with Crippen LogP contribution in [0.5, 0.6) is 0 Å². The molecule has 0 saturated heterocycles. The van der Waals surface area contributed by atoms with Gasteiger partial charge in [0.25, 0.3) is 11.5 Å². The highest BCUT2D eigenvalue weighted by molar-refractivity contribution is 5.96. The molecule has 124 valence electrons. The fraction of sp³-hybridized carbons (Fsp3) is 0.294. The highest BCUT2D eigenvalue weighted by Gasteiger charge is 2.09. The molecule has 3 rings (SSSR count). The molecule has 0 bridgehead atoms. The van der Waals surface area contributed by atoms with Gasteiger partial charge in [0.15, 0.2) is 5.65 Å². The summed E-state index contributed by atoms with van der Waals surface area (Å²) in [7, 11) is 1.86. The Hall–Kier alpha value is -2.96. The average Bonchev–Trinajstić information content (AvgIpc) is 2.94. The minimum atomic E-state index is -0.188. The minimum Gasteiger partial charge on any atom is -0.352 e. The molecule has 1 amide bonds. The SMILES string of the molecule is Cc1cccc(=O)n1CCCNC(=O)c1cnc2c(c1)ncn2C. The van der Waals surface area contributed by atoms with Crippen LogP contribution in [-0.4, -0.2) is 31.6 Å². The summed E-state index contributed by atoms with van der Waals surface area (Å²) in [6.45, 7) is 2.96. The number of hydrogen-bond acceptors (Lipinski definition) is 4. The molecule has 0 atom stereocenters. The molecule has 3 aromatic rings. The van der Waals surface area contributed by atoms with E-state index >= 15 is 0 Å². The Bertz CT molecular complexity index is 942. The van der Waals surface area contributed by atoms with E-state index < -0.39 is 0 Å². The largest absolute Gasteiger partial charge is 0.352 e. The van der Waals surface area contributed by atoms with Gasteiger partial charge in [0.2, 0.25) is 0 Å². The van der Waals surface area contributed by atoms with Crippen LogP contribution in [0.25, 0.3) is 11.2 Å². The Balaban J connectivity index is 1.58. The second-order valence-corrected chi connectivity index (χ2v) is 5.69. The molecule has 0 unspecified atom stereocenters. The van der Waals surface area contributed by atoms with Crippen molar-refractivity contribution in [1.29, 1.82) is 0 Å². The summed E-state index contributed by atoms with van der Waals surface area (Å²) < 4.78 is 3.50. The summed E-state index contributed by atoms with van der Waals surface area (Å²) in [5.41, 5.74) is 2.81. The third-order valence-electron chi connectivity index (χ3n) is 3.93. The van der Waals surface area contributed by atoms with E-state index in [1.54, 1.807) is 39.9 Å². The van der Waals surface area contributed by atoms with E-state index in [9.17, 15) is 9.59 Å².